The first-order chi connectivity index (χ1) is 23.7. The molecule has 0 radical (unpaired) electrons. The molecule has 9 nitrogen and oxygen atoms in total. The molecule has 9 heteroatoms. The lowest BCUT2D eigenvalue weighted by molar-refractivity contribution is -0.152. The molecule has 0 amide bonds. The van der Waals surface area contributed by atoms with Crippen molar-refractivity contribution in [3.8, 4) is 0 Å². The second-order valence-corrected chi connectivity index (χ2v) is 21.0. The van der Waals surface area contributed by atoms with E-state index in [9.17, 15) is 14.4 Å². The molecule has 0 aromatic carbocycles. The van der Waals surface area contributed by atoms with E-state index >= 15 is 0 Å². The van der Waals surface area contributed by atoms with Crippen LogP contribution < -0.4 is 0 Å². The number of hydrogen-bond acceptors (Lipinski definition) is 9. The SMILES string of the molecule is CC1C(COC(=O)CC2CCC(CC(=O)OCC3CC(C)(C)N(C)C3(C)C)C(CC(=O)OCC3CC(C)(C)N(C)C3(C)C)C2)C(C)(C)N(C)C1(C)C. The van der Waals surface area contributed by atoms with Gasteiger partial charge in [-0.3, -0.25) is 29.1 Å². The van der Waals surface area contributed by atoms with Crippen LogP contribution in [0.5, 0.6) is 0 Å². The van der Waals surface area contributed by atoms with E-state index in [1.807, 2.05) is 0 Å². The molecule has 4 fully saturated rings. The number of ether oxygens (including phenoxy) is 3. The average Bonchev–Trinajstić information content (AvgIpc) is 3.35. The standard InChI is InChI=1S/C43H77N3O6/c1-28-34(43(12,13)46(16)40(28,6)7)27-52-35(47)20-29-17-18-30(21-36(48)50-25-32-23-38(2,3)44(14)41(32,8)9)31(19-29)22-37(49)51-26-33-24-39(4,5)45(15)42(33,10)11/h28-34H,17-27H2,1-16H3. The second kappa shape index (κ2) is 15.1. The highest BCUT2D eigenvalue weighted by molar-refractivity contribution is 5.72. The lowest BCUT2D eigenvalue weighted by Gasteiger charge is -2.38. The van der Waals surface area contributed by atoms with Crippen LogP contribution in [0.1, 0.15) is 141 Å². The molecular formula is C43H77N3O6. The maximum absolute atomic E-state index is 13.5. The van der Waals surface area contributed by atoms with Crippen LogP contribution in [0.4, 0.5) is 0 Å². The van der Waals surface area contributed by atoms with Gasteiger partial charge in [-0.1, -0.05) is 6.92 Å². The van der Waals surface area contributed by atoms with E-state index in [2.05, 4.69) is 126 Å². The number of carbonyl (C=O) groups excluding carboxylic acids is 3. The molecule has 4 rings (SSSR count). The number of esters is 3. The third kappa shape index (κ3) is 8.56. The van der Waals surface area contributed by atoms with Gasteiger partial charge < -0.3 is 14.2 Å². The van der Waals surface area contributed by atoms with Crippen molar-refractivity contribution >= 4 is 17.9 Å². The summed E-state index contributed by atoms with van der Waals surface area (Å²) in [6.07, 6.45) is 5.09. The van der Waals surface area contributed by atoms with E-state index in [0.717, 1.165) is 25.7 Å². The maximum atomic E-state index is 13.5. The molecule has 300 valence electrons. The smallest absolute Gasteiger partial charge is 0.306 e. The number of carbonyl (C=O) groups is 3. The van der Waals surface area contributed by atoms with Crippen molar-refractivity contribution < 1.29 is 28.6 Å². The van der Waals surface area contributed by atoms with Gasteiger partial charge in [0.15, 0.2) is 0 Å². The first kappa shape index (κ1) is 43.0. The van der Waals surface area contributed by atoms with Crippen LogP contribution in [0.15, 0.2) is 0 Å². The number of rotatable bonds is 12. The van der Waals surface area contributed by atoms with Crippen molar-refractivity contribution in [2.24, 2.45) is 41.4 Å². The van der Waals surface area contributed by atoms with Gasteiger partial charge in [0.1, 0.15) is 0 Å². The van der Waals surface area contributed by atoms with Crippen molar-refractivity contribution in [3.63, 3.8) is 0 Å². The van der Waals surface area contributed by atoms with Crippen LogP contribution in [-0.2, 0) is 28.6 Å². The highest BCUT2D eigenvalue weighted by Gasteiger charge is 2.55. The summed E-state index contributed by atoms with van der Waals surface area (Å²) < 4.78 is 18.0. The van der Waals surface area contributed by atoms with Crippen molar-refractivity contribution in [1.29, 1.82) is 0 Å². The minimum Gasteiger partial charge on any atom is -0.465 e. The van der Waals surface area contributed by atoms with Crippen molar-refractivity contribution in [2.45, 2.75) is 175 Å². The largest absolute Gasteiger partial charge is 0.465 e. The molecule has 3 aliphatic heterocycles. The normalized spacial score (nSPS) is 35.0. The molecule has 1 aliphatic carbocycles. The first-order valence-corrected chi connectivity index (χ1v) is 20.3. The fourth-order valence-electron chi connectivity index (χ4n) is 10.9. The Bertz CT molecular complexity index is 1300. The van der Waals surface area contributed by atoms with Gasteiger partial charge in [-0.2, -0.15) is 0 Å². The topological polar surface area (TPSA) is 88.6 Å². The van der Waals surface area contributed by atoms with E-state index in [4.69, 9.17) is 14.2 Å². The summed E-state index contributed by atoms with van der Waals surface area (Å²) in [6.45, 7) is 30.4. The summed E-state index contributed by atoms with van der Waals surface area (Å²) in [6, 6.07) is 0. The summed E-state index contributed by atoms with van der Waals surface area (Å²) in [5.74, 6) is 0.576. The monoisotopic (exact) mass is 732 g/mol. The van der Waals surface area contributed by atoms with Gasteiger partial charge in [0.2, 0.25) is 0 Å². The van der Waals surface area contributed by atoms with Crippen molar-refractivity contribution in [2.75, 3.05) is 41.0 Å². The van der Waals surface area contributed by atoms with E-state index in [-0.39, 0.29) is 99.5 Å². The van der Waals surface area contributed by atoms with Crippen molar-refractivity contribution in [3.05, 3.63) is 0 Å². The highest BCUT2D eigenvalue weighted by atomic mass is 16.5. The Hall–Kier alpha value is -1.71. The predicted octanol–water partition coefficient (Wildman–Crippen LogP) is 7.59. The van der Waals surface area contributed by atoms with Gasteiger partial charge in [0.25, 0.3) is 0 Å². The highest BCUT2D eigenvalue weighted by Crippen LogP contribution is 2.49. The Morgan fingerprint density at radius 3 is 1.37 bits per heavy atom. The zero-order valence-corrected chi connectivity index (χ0v) is 36.1. The molecule has 4 aliphatic rings. The Labute approximate surface area is 317 Å². The molecule has 0 aromatic rings. The summed E-state index contributed by atoms with van der Waals surface area (Å²) in [7, 11) is 6.47. The Morgan fingerprint density at radius 2 is 0.962 bits per heavy atom. The van der Waals surface area contributed by atoms with E-state index in [1.54, 1.807) is 0 Å². The molecule has 0 N–H and O–H groups in total. The molecule has 3 saturated heterocycles. The number of hydrogen-bond donors (Lipinski definition) is 0. The summed E-state index contributed by atoms with van der Waals surface area (Å²) in [4.78, 5) is 47.4. The second-order valence-electron chi connectivity index (χ2n) is 21.0. The van der Waals surface area contributed by atoms with E-state index in [1.165, 1.54) is 0 Å². The first-order valence-electron chi connectivity index (χ1n) is 20.3. The molecular weight excluding hydrogens is 654 g/mol. The van der Waals surface area contributed by atoms with Gasteiger partial charge in [-0.05, 0) is 160 Å². The van der Waals surface area contributed by atoms with Gasteiger partial charge >= 0.3 is 17.9 Å². The summed E-state index contributed by atoms with van der Waals surface area (Å²) >= 11 is 0. The molecule has 52 heavy (non-hydrogen) atoms. The van der Waals surface area contributed by atoms with Crippen LogP contribution in [-0.4, -0.2) is 107 Å². The molecule has 7 unspecified atom stereocenters. The van der Waals surface area contributed by atoms with Crippen LogP contribution in [0.3, 0.4) is 0 Å². The van der Waals surface area contributed by atoms with Crippen molar-refractivity contribution in [1.82, 2.24) is 14.7 Å². The maximum Gasteiger partial charge on any atom is 0.306 e. The molecule has 0 aromatic heterocycles. The fraction of sp³-hybridized carbons (Fsp3) is 0.930. The minimum atomic E-state index is -0.211. The minimum absolute atomic E-state index is 0.00826. The number of likely N-dealkylation sites (tertiary alicyclic amines) is 3. The van der Waals surface area contributed by atoms with E-state index < -0.39 is 0 Å². The third-order valence-corrected chi connectivity index (χ3v) is 16.3. The lowest BCUT2D eigenvalue weighted by Crippen LogP contribution is -2.47. The van der Waals surface area contributed by atoms with Crippen LogP contribution in [0, 0.1) is 41.4 Å². The van der Waals surface area contributed by atoms with Gasteiger partial charge in [-0.15, -0.1) is 0 Å². The zero-order valence-electron chi connectivity index (χ0n) is 36.1. The average molecular weight is 732 g/mol. The Balaban J connectivity index is 1.38. The van der Waals surface area contributed by atoms with Crippen LogP contribution in [0.25, 0.3) is 0 Å². The zero-order chi connectivity index (χ0) is 39.4. The lowest BCUT2D eigenvalue weighted by atomic mass is 9.70. The Morgan fingerprint density at radius 1 is 0.538 bits per heavy atom. The molecule has 0 spiro atoms. The third-order valence-electron chi connectivity index (χ3n) is 16.3. The summed E-state index contributed by atoms with van der Waals surface area (Å²) in [5.41, 5.74) is -0.141. The van der Waals surface area contributed by atoms with Gasteiger partial charge in [0.05, 0.1) is 19.8 Å². The quantitative estimate of drug-likeness (QED) is 0.149. The van der Waals surface area contributed by atoms with E-state index in [0.29, 0.717) is 38.6 Å². The molecule has 0 bridgehead atoms. The van der Waals surface area contributed by atoms with Gasteiger partial charge in [0, 0.05) is 70.2 Å². The molecule has 1 saturated carbocycles. The van der Waals surface area contributed by atoms with Gasteiger partial charge in [-0.25, -0.2) is 0 Å². The number of nitrogens with zero attached hydrogens (tertiary/aromatic N) is 3. The fourth-order valence-corrected chi connectivity index (χ4v) is 10.9. The Kier molecular flexibility index (Phi) is 12.5. The predicted molar refractivity (Wildman–Crippen MR) is 208 cm³/mol. The summed E-state index contributed by atoms with van der Waals surface area (Å²) in [5, 5.41) is 0. The molecule has 7 atom stereocenters. The van der Waals surface area contributed by atoms with Crippen LogP contribution in [0.2, 0.25) is 0 Å². The molecule has 3 heterocycles. The van der Waals surface area contributed by atoms with Crippen LogP contribution >= 0.6 is 0 Å².